The number of hydrogen-bond acceptors (Lipinski definition) is 2. The van der Waals surface area contributed by atoms with Crippen LogP contribution in [0.25, 0.3) is 0 Å². The molecule has 0 aliphatic carbocycles. The van der Waals surface area contributed by atoms with Crippen LogP contribution in [0.2, 0.25) is 0 Å². The summed E-state index contributed by atoms with van der Waals surface area (Å²) in [4.78, 5) is 2.66. The molecule has 3 aliphatic rings. The summed E-state index contributed by atoms with van der Waals surface area (Å²) in [6, 6.07) is 37.7. The lowest BCUT2D eigenvalue weighted by molar-refractivity contribution is -0.693. The first-order valence-corrected chi connectivity index (χ1v) is 13.3. The minimum absolute atomic E-state index is 0.188. The molecule has 164 valence electrons. The number of para-hydroxylation sites is 2. The molecular weight excluding hydrogens is 452 g/mol. The Labute approximate surface area is 208 Å². The van der Waals surface area contributed by atoms with E-state index in [1.807, 2.05) is 23.5 Å². The van der Waals surface area contributed by atoms with Crippen LogP contribution in [0.15, 0.2) is 113 Å². The molecular formula is C30H24N2S2+2. The predicted molar refractivity (Wildman–Crippen MR) is 142 cm³/mol. The van der Waals surface area contributed by atoms with Gasteiger partial charge in [0.2, 0.25) is 17.1 Å². The lowest BCUT2D eigenvalue weighted by atomic mass is 9.76. The summed E-state index contributed by atoms with van der Waals surface area (Å²) in [6.45, 7) is 4.76. The van der Waals surface area contributed by atoms with Gasteiger partial charge in [0.05, 0.1) is 16.5 Å². The maximum Gasteiger partial charge on any atom is 0.471 e. The predicted octanol–water partition coefficient (Wildman–Crippen LogP) is 7.40. The van der Waals surface area contributed by atoms with E-state index in [9.17, 15) is 0 Å². The molecule has 0 fully saturated rings. The highest BCUT2D eigenvalue weighted by Crippen LogP contribution is 2.59. The molecule has 0 amide bonds. The van der Waals surface area contributed by atoms with Crippen molar-refractivity contribution in [2.45, 2.75) is 33.4 Å². The highest BCUT2D eigenvalue weighted by molar-refractivity contribution is 8.17. The standard InChI is InChI=1S/C30H24N2S2/c1-29(2)22-18-17-21-20-31(23-11-5-3-6-12-23)30(34-27(21)19-22)32(24-13-7-4-8-14-24)28(29)25-15-9-10-16-26(25)33-30/h3-20H,1-2H3/q+2. The van der Waals surface area contributed by atoms with Crippen molar-refractivity contribution in [2.75, 3.05) is 0 Å². The van der Waals surface area contributed by atoms with Gasteiger partial charge >= 0.3 is 4.33 Å². The number of rotatable bonds is 2. The van der Waals surface area contributed by atoms with Gasteiger partial charge in [0.1, 0.15) is 0 Å². The summed E-state index contributed by atoms with van der Waals surface area (Å²) >= 11 is 3.90. The number of benzene rings is 4. The van der Waals surface area contributed by atoms with Crippen molar-refractivity contribution in [3.05, 3.63) is 120 Å². The second kappa shape index (κ2) is 7.21. The molecule has 0 N–H and O–H groups in total. The quantitative estimate of drug-likeness (QED) is 0.278. The van der Waals surface area contributed by atoms with Crippen LogP contribution < -0.4 is 0 Å². The van der Waals surface area contributed by atoms with E-state index in [0.29, 0.717) is 0 Å². The van der Waals surface area contributed by atoms with E-state index in [-0.39, 0.29) is 5.41 Å². The summed E-state index contributed by atoms with van der Waals surface area (Å²) in [7, 11) is 0. The minimum Gasteiger partial charge on any atom is -0.114 e. The lowest BCUT2D eigenvalue weighted by Crippen LogP contribution is -2.54. The second-order valence-electron chi connectivity index (χ2n) is 9.48. The Balaban J connectivity index is 1.70. The highest BCUT2D eigenvalue weighted by atomic mass is 32.2. The first-order valence-electron chi connectivity index (χ1n) is 11.6. The Morgan fingerprint density at radius 3 is 2.06 bits per heavy atom. The third kappa shape index (κ3) is 2.73. The van der Waals surface area contributed by atoms with Crippen molar-refractivity contribution in [1.29, 1.82) is 0 Å². The molecule has 2 nitrogen and oxygen atoms in total. The molecule has 34 heavy (non-hydrogen) atoms. The monoisotopic (exact) mass is 476 g/mol. The van der Waals surface area contributed by atoms with Crippen LogP contribution in [0.3, 0.4) is 0 Å². The van der Waals surface area contributed by atoms with Crippen LogP contribution in [-0.4, -0.2) is 25.4 Å². The van der Waals surface area contributed by atoms with Gasteiger partial charge in [-0.3, -0.25) is 0 Å². The van der Waals surface area contributed by atoms with E-state index in [4.69, 9.17) is 0 Å². The topological polar surface area (TPSA) is 6.02 Å². The SMILES string of the molecule is CC1(C)C2=[N+](c3ccccc3)C3(Sc4cc1ccc4C=[N+]3c1ccccc1)Sc1ccccc12. The smallest absolute Gasteiger partial charge is 0.114 e. The Hall–Kier alpha value is -3.08. The Kier molecular flexibility index (Phi) is 4.31. The molecule has 1 atom stereocenters. The molecule has 4 heteroatoms. The fourth-order valence-corrected chi connectivity index (χ4v) is 8.62. The van der Waals surface area contributed by atoms with Gasteiger partial charge in [-0.15, -0.1) is 9.15 Å². The van der Waals surface area contributed by atoms with Crippen molar-refractivity contribution >= 4 is 46.8 Å². The summed E-state index contributed by atoms with van der Waals surface area (Å²) in [5.74, 6) is 0. The summed E-state index contributed by atoms with van der Waals surface area (Å²) in [5, 5.41) is 0. The second-order valence-corrected chi connectivity index (χ2v) is 12.2. The molecule has 0 saturated heterocycles. The van der Waals surface area contributed by atoms with Gasteiger partial charge in [0.15, 0.2) is 6.21 Å². The van der Waals surface area contributed by atoms with E-state index in [1.54, 1.807) is 0 Å². The zero-order valence-corrected chi connectivity index (χ0v) is 20.7. The summed E-state index contributed by atoms with van der Waals surface area (Å²) in [5.41, 5.74) is 7.50. The van der Waals surface area contributed by atoms with Crippen molar-refractivity contribution in [3.63, 3.8) is 0 Å². The van der Waals surface area contributed by atoms with Crippen molar-refractivity contribution in [2.24, 2.45) is 0 Å². The molecule has 4 aromatic rings. The van der Waals surface area contributed by atoms with Gasteiger partial charge in [-0.1, -0.05) is 54.6 Å². The largest absolute Gasteiger partial charge is 0.471 e. The highest BCUT2D eigenvalue weighted by Gasteiger charge is 2.65. The normalized spacial score (nSPS) is 21.4. The van der Waals surface area contributed by atoms with Crippen molar-refractivity contribution < 1.29 is 9.15 Å². The third-order valence-electron chi connectivity index (χ3n) is 7.08. The number of hydrogen-bond donors (Lipinski definition) is 0. The molecule has 7 rings (SSSR count). The lowest BCUT2D eigenvalue weighted by Gasteiger charge is -2.39. The van der Waals surface area contributed by atoms with E-state index in [2.05, 4.69) is 132 Å². The summed E-state index contributed by atoms with van der Waals surface area (Å²) in [6.07, 6.45) is 2.34. The van der Waals surface area contributed by atoms with E-state index < -0.39 is 4.33 Å². The van der Waals surface area contributed by atoms with Crippen LogP contribution in [0.5, 0.6) is 0 Å². The van der Waals surface area contributed by atoms with Crippen LogP contribution in [0.1, 0.15) is 30.5 Å². The average Bonchev–Trinajstić information content (AvgIpc) is 2.87. The number of nitrogens with zero attached hydrogens (tertiary/aromatic N) is 2. The molecule has 1 spiro atoms. The molecule has 4 aromatic carbocycles. The van der Waals surface area contributed by atoms with E-state index in [1.165, 1.54) is 43.6 Å². The molecule has 4 bridgehead atoms. The van der Waals surface area contributed by atoms with Crippen LogP contribution in [0.4, 0.5) is 11.4 Å². The van der Waals surface area contributed by atoms with Gasteiger partial charge in [-0.25, -0.2) is 0 Å². The van der Waals surface area contributed by atoms with E-state index in [0.717, 1.165) is 0 Å². The third-order valence-corrected chi connectivity index (χ3v) is 10.0. The maximum atomic E-state index is 2.61. The minimum atomic E-state index is -0.435. The van der Waals surface area contributed by atoms with Gasteiger partial charge in [-0.2, -0.15) is 0 Å². The van der Waals surface area contributed by atoms with Crippen molar-refractivity contribution in [1.82, 2.24) is 0 Å². The van der Waals surface area contributed by atoms with Crippen LogP contribution >= 0.6 is 23.5 Å². The Morgan fingerprint density at radius 1 is 0.647 bits per heavy atom. The first-order chi connectivity index (χ1) is 16.6. The fraction of sp³-hybridized carbons (Fsp3) is 0.133. The maximum absolute atomic E-state index is 2.61. The zero-order chi connectivity index (χ0) is 22.9. The molecule has 0 aromatic heterocycles. The number of thioether (sulfide) groups is 2. The van der Waals surface area contributed by atoms with Crippen molar-refractivity contribution in [3.8, 4) is 0 Å². The molecule has 0 radical (unpaired) electrons. The zero-order valence-electron chi connectivity index (χ0n) is 19.1. The average molecular weight is 477 g/mol. The van der Waals surface area contributed by atoms with Gasteiger partial charge in [-0.05, 0) is 43.7 Å². The Morgan fingerprint density at radius 2 is 1.29 bits per heavy atom. The molecule has 3 heterocycles. The number of fused-ring (bicyclic) bond motifs is 3. The molecule has 3 aliphatic heterocycles. The van der Waals surface area contributed by atoms with E-state index >= 15 is 0 Å². The first kappa shape index (κ1) is 20.3. The van der Waals surface area contributed by atoms with Gasteiger partial charge in [0, 0.05) is 57.6 Å². The van der Waals surface area contributed by atoms with Crippen LogP contribution in [0, 0.1) is 0 Å². The molecule has 1 unspecified atom stereocenters. The van der Waals surface area contributed by atoms with Crippen LogP contribution in [-0.2, 0) is 5.41 Å². The Bertz CT molecular complexity index is 1520. The van der Waals surface area contributed by atoms with Gasteiger partial charge in [0.25, 0.3) is 0 Å². The molecule has 0 saturated carbocycles. The fourth-order valence-electron chi connectivity index (χ4n) is 5.41. The van der Waals surface area contributed by atoms with Gasteiger partial charge < -0.3 is 0 Å². The summed E-state index contributed by atoms with van der Waals surface area (Å²) < 4.78 is 4.65.